The Morgan fingerprint density at radius 1 is 0.936 bits per heavy atom. The maximum Gasteiger partial charge on any atom is 0.315 e. The van der Waals surface area contributed by atoms with Crippen LogP contribution in [0.4, 0.5) is 4.79 Å². The highest BCUT2D eigenvalue weighted by Gasteiger charge is 2.68. The number of nitrogens with two attached hydrogens (primary N) is 1. The highest BCUT2D eigenvalue weighted by atomic mass is 16.5. The van der Waals surface area contributed by atoms with Gasteiger partial charge >= 0.3 is 12.0 Å². The van der Waals surface area contributed by atoms with Gasteiger partial charge in [-0.15, -0.1) is 0 Å². The van der Waals surface area contributed by atoms with Gasteiger partial charge in [0.15, 0.2) is 5.78 Å². The molecule has 5 N–H and O–H groups in total. The number of Topliss-reactive ketones (excluding diaryl/α,β-unsaturated/α-hetero) is 1. The number of fused-ring (bicyclic) bond motifs is 1. The van der Waals surface area contributed by atoms with Crippen LogP contribution in [0.3, 0.4) is 0 Å². The van der Waals surface area contributed by atoms with E-state index >= 15 is 0 Å². The van der Waals surface area contributed by atoms with Crippen molar-refractivity contribution in [1.29, 1.82) is 0 Å². The number of esters is 1. The molecule has 264 valence electrons. The molecule has 0 spiro atoms. The number of hydrogen-bond donors (Lipinski definition) is 4. The minimum Gasteiger partial charge on any atom is -0.465 e. The number of likely N-dealkylation sites (tertiary alicyclic amines) is 1. The van der Waals surface area contributed by atoms with Gasteiger partial charge in [0.2, 0.25) is 0 Å². The fourth-order valence-corrected chi connectivity index (χ4v) is 7.66. The van der Waals surface area contributed by atoms with Gasteiger partial charge in [-0.2, -0.15) is 0 Å². The number of rotatable bonds is 16. The average molecular weight is 654 g/mol. The second-order valence-electron chi connectivity index (χ2n) is 17.7. The third-order valence-corrected chi connectivity index (χ3v) is 11.4. The molecule has 2 amide bonds. The fourth-order valence-electron chi connectivity index (χ4n) is 7.66. The van der Waals surface area contributed by atoms with Gasteiger partial charge in [-0.25, -0.2) is 4.79 Å². The molecule has 1 saturated heterocycles. The lowest BCUT2D eigenvalue weighted by Gasteiger charge is -2.43. The minimum absolute atomic E-state index is 0.0682. The number of ether oxygens (including phenoxy) is 1. The smallest absolute Gasteiger partial charge is 0.315 e. The van der Waals surface area contributed by atoms with Crippen molar-refractivity contribution in [2.75, 3.05) is 13.2 Å². The van der Waals surface area contributed by atoms with Crippen molar-refractivity contribution in [3.8, 4) is 0 Å². The van der Waals surface area contributed by atoms with Gasteiger partial charge in [0, 0.05) is 30.4 Å². The summed E-state index contributed by atoms with van der Waals surface area (Å²) in [5.74, 6) is 1.44. The molecule has 0 radical (unpaired) electrons. The van der Waals surface area contributed by atoms with E-state index in [1.54, 1.807) is 0 Å². The highest BCUT2D eigenvalue weighted by molar-refractivity contribution is 5.98. The topological polar surface area (TPSA) is 126 Å². The van der Waals surface area contributed by atoms with Crippen LogP contribution in [0.15, 0.2) is 36.8 Å². The summed E-state index contributed by atoms with van der Waals surface area (Å²) in [5.41, 5.74) is 7.12. The maximum atomic E-state index is 13.7. The second-order valence-corrected chi connectivity index (χ2v) is 17.7. The zero-order valence-electron chi connectivity index (χ0n) is 30.5. The molecule has 0 bridgehead atoms. The summed E-state index contributed by atoms with van der Waals surface area (Å²) in [6.45, 7) is 31.2. The Hall–Kier alpha value is -2.97. The van der Waals surface area contributed by atoms with Gasteiger partial charge in [0.25, 0.3) is 0 Å². The van der Waals surface area contributed by atoms with Crippen LogP contribution in [-0.2, 0) is 14.3 Å². The van der Waals surface area contributed by atoms with Crippen molar-refractivity contribution in [3.63, 3.8) is 0 Å². The molecule has 3 saturated carbocycles. The van der Waals surface area contributed by atoms with Gasteiger partial charge in [0.1, 0.15) is 0 Å². The zero-order chi connectivity index (χ0) is 35.1. The fraction of sp³-hybridized carbons (Fsp3) is 0.763. The first-order chi connectivity index (χ1) is 21.7. The van der Waals surface area contributed by atoms with Crippen molar-refractivity contribution in [2.24, 2.45) is 45.7 Å². The molecule has 4 rings (SSSR count). The minimum atomic E-state index is -0.455. The number of ketones is 1. The van der Waals surface area contributed by atoms with E-state index in [0.29, 0.717) is 36.7 Å². The third kappa shape index (κ3) is 8.94. The van der Waals surface area contributed by atoms with E-state index in [-0.39, 0.29) is 64.3 Å². The Morgan fingerprint density at radius 3 is 2.09 bits per heavy atom. The first-order valence-corrected chi connectivity index (χ1v) is 17.8. The number of urea groups is 1. The summed E-state index contributed by atoms with van der Waals surface area (Å²) in [6, 6.07) is -1.43. The van der Waals surface area contributed by atoms with Crippen molar-refractivity contribution in [1.82, 2.24) is 20.9 Å². The Morgan fingerprint density at radius 2 is 1.57 bits per heavy atom. The summed E-state index contributed by atoms with van der Waals surface area (Å²) in [4.78, 5) is 41.5. The number of nitrogens with zero attached hydrogens (tertiary/aromatic N) is 1. The molecular weight excluding hydrogens is 590 g/mol. The van der Waals surface area contributed by atoms with E-state index < -0.39 is 6.04 Å². The lowest BCUT2D eigenvalue weighted by Crippen LogP contribution is -2.56. The van der Waals surface area contributed by atoms with Crippen LogP contribution in [0.5, 0.6) is 0 Å². The van der Waals surface area contributed by atoms with E-state index in [0.717, 1.165) is 50.0 Å². The first-order valence-electron chi connectivity index (χ1n) is 17.8. The second kappa shape index (κ2) is 13.9. The Balaban J connectivity index is 1.46. The Kier molecular flexibility index (Phi) is 10.9. The summed E-state index contributed by atoms with van der Waals surface area (Å²) in [6.07, 6.45) is 7.19. The van der Waals surface area contributed by atoms with E-state index in [4.69, 9.17) is 10.5 Å². The highest BCUT2D eigenvalue weighted by Crippen LogP contribution is 2.66. The van der Waals surface area contributed by atoms with Crippen LogP contribution >= 0.6 is 0 Å². The van der Waals surface area contributed by atoms with Crippen molar-refractivity contribution >= 4 is 17.8 Å². The number of hydrogen-bond acceptors (Lipinski definition) is 7. The van der Waals surface area contributed by atoms with Gasteiger partial charge in [0.05, 0.1) is 30.4 Å². The van der Waals surface area contributed by atoms with Crippen LogP contribution in [0.25, 0.3) is 0 Å². The number of nitrogens with one attached hydrogen (secondary N) is 3. The lowest BCUT2D eigenvalue weighted by molar-refractivity contribution is -0.144. The normalized spacial score (nSPS) is 25.4. The largest absolute Gasteiger partial charge is 0.465 e. The number of amides is 2. The third-order valence-electron chi connectivity index (χ3n) is 11.4. The molecule has 6 atom stereocenters. The van der Waals surface area contributed by atoms with Crippen LogP contribution < -0.4 is 21.7 Å². The van der Waals surface area contributed by atoms with Crippen molar-refractivity contribution in [2.45, 2.75) is 131 Å². The van der Waals surface area contributed by atoms with Crippen LogP contribution in [-0.4, -0.2) is 60.0 Å². The predicted molar refractivity (Wildman–Crippen MR) is 188 cm³/mol. The molecule has 4 unspecified atom stereocenters. The van der Waals surface area contributed by atoms with E-state index in [1.807, 2.05) is 0 Å². The van der Waals surface area contributed by atoms with Gasteiger partial charge in [-0.1, -0.05) is 94.4 Å². The summed E-state index contributed by atoms with van der Waals surface area (Å²) in [5, 5.41) is 9.95. The quantitative estimate of drug-likeness (QED) is 0.119. The molecule has 9 nitrogen and oxygen atoms in total. The van der Waals surface area contributed by atoms with Crippen LogP contribution in [0.2, 0.25) is 0 Å². The molecule has 1 aliphatic heterocycles. The molecule has 9 heteroatoms. The standard InChI is InChI=1S/C38H63N5O4/c1-22(39)33(45)28(19-25-13-12-14-25)40-23(2)32-31-27(38(31,10)11)20-43(32)24(3)34(37(7,8)9)42-35(46)41-29(36(4,5)6)17-18-30(44)47-21-26-15-16-26/h25-29,31-32,34,40H,1-3,12-21,39H2,4-11H3,(H2,41,42,46)/t27-,28?,29?,31-,32?,34?/m0/s1. The van der Waals surface area contributed by atoms with Crippen molar-refractivity contribution in [3.05, 3.63) is 36.8 Å². The first kappa shape index (κ1) is 36.9. The van der Waals surface area contributed by atoms with E-state index in [9.17, 15) is 14.4 Å². The van der Waals surface area contributed by atoms with Gasteiger partial charge in [-0.05, 0) is 65.6 Å². The molecule has 47 heavy (non-hydrogen) atoms. The van der Waals surface area contributed by atoms with Crippen LogP contribution in [0, 0.1) is 39.9 Å². The number of carbonyl (C=O) groups excluding carboxylic acids is 3. The molecular formula is C38H63N5O4. The van der Waals surface area contributed by atoms with Gasteiger partial charge in [-0.3, -0.25) is 9.59 Å². The van der Waals surface area contributed by atoms with Crippen LogP contribution in [0.1, 0.15) is 107 Å². The van der Waals surface area contributed by atoms with E-state index in [1.165, 1.54) is 6.42 Å². The van der Waals surface area contributed by atoms with E-state index in [2.05, 4.69) is 96.0 Å². The number of piperidine rings is 1. The molecule has 0 aromatic heterocycles. The van der Waals surface area contributed by atoms with Crippen molar-refractivity contribution < 1.29 is 19.1 Å². The molecule has 0 aromatic carbocycles. The summed E-state index contributed by atoms with van der Waals surface area (Å²) >= 11 is 0. The maximum absolute atomic E-state index is 13.7. The predicted octanol–water partition coefficient (Wildman–Crippen LogP) is 6.02. The molecule has 4 fully saturated rings. The average Bonchev–Trinajstić information content (AvgIpc) is 3.80. The zero-order valence-corrected chi connectivity index (χ0v) is 30.5. The summed E-state index contributed by atoms with van der Waals surface area (Å²) in [7, 11) is 0. The van der Waals surface area contributed by atoms with Gasteiger partial charge < -0.3 is 31.3 Å². The SMILES string of the molecule is C=C(N)C(=O)C(CC1CCC1)NC(=C)C1[C@@H]2[C@H](CN1C(=C)C(NC(=O)NC(CCC(=O)OCC1CC1)C(C)(C)C)C(C)(C)C)C2(C)C. The lowest BCUT2D eigenvalue weighted by atomic mass is 9.79. The Labute approximate surface area is 283 Å². The Bertz CT molecular complexity index is 1240. The molecule has 4 aliphatic rings. The molecule has 1 heterocycles. The molecule has 0 aromatic rings. The summed E-state index contributed by atoms with van der Waals surface area (Å²) < 4.78 is 5.44. The molecule has 3 aliphatic carbocycles. The number of carbonyl (C=O) groups is 3. The monoisotopic (exact) mass is 653 g/mol.